The summed E-state index contributed by atoms with van der Waals surface area (Å²) in [4.78, 5) is 42.4. The second-order valence-corrected chi connectivity index (χ2v) is 33.4. The van der Waals surface area contributed by atoms with Crippen LogP contribution in [0.1, 0.15) is 0 Å². The van der Waals surface area contributed by atoms with Crippen molar-refractivity contribution in [2.24, 2.45) is 0 Å². The van der Waals surface area contributed by atoms with E-state index in [4.69, 9.17) is 9.97 Å². The SMILES string of the molecule is CN([PH-])OOC=O.Fc1c(F)c(F)c(-c2nc(-c3ccccc3)cc(-c3ccccc3)n2)c(-c2ccccc2)c1F.[K+].[K+].c1ccc(-c2cc(-c3ccccc3)nc(-c3c(-c4ccccc4)c(-n4c5ccccc5c5ccccc54)c(-n4c5ccccc5c5ccccc54)c(-n4c5ccccc5c5ccccc54)c3-n3c4ccccc4c4ccccc43)n2)cc1.c1ccc2c(c1)[nH]c1ccccc12. The minimum absolute atomic E-state index is 0. The van der Waals surface area contributed by atoms with Crippen molar-refractivity contribution in [1.29, 1.82) is 0 Å². The predicted molar refractivity (Wildman–Crippen MR) is 545 cm³/mol. The zero-order chi connectivity index (χ0) is 91.9. The van der Waals surface area contributed by atoms with E-state index in [1.54, 1.807) is 48.5 Å². The van der Waals surface area contributed by atoms with Crippen LogP contribution in [0.15, 0.2) is 437 Å². The van der Waals surface area contributed by atoms with Gasteiger partial charge in [-0.3, -0.25) is 9.68 Å². The first-order valence-electron chi connectivity index (χ1n) is 44.4. The Bertz CT molecular complexity index is 8500. The Morgan fingerprint density at radius 3 is 0.746 bits per heavy atom. The van der Waals surface area contributed by atoms with E-state index in [1.165, 1.54) is 41.0 Å². The molecule has 20 heteroatoms. The molecular formula is C118H78F4K2N10O3P+. The van der Waals surface area contributed by atoms with Gasteiger partial charge in [-0.15, -0.1) is 4.99 Å². The number of H-pyrrole nitrogens is 1. The topological polar surface area (TPSA) is 126 Å². The van der Waals surface area contributed by atoms with Crippen LogP contribution in [-0.4, -0.2) is 61.5 Å². The number of aromatic amines is 1. The van der Waals surface area contributed by atoms with Gasteiger partial charge in [-0.1, -0.05) is 364 Å². The normalized spacial score (nSPS) is 11.3. The number of halogens is 4. The number of hydrogen-bond donors (Lipinski definition) is 1. The van der Waals surface area contributed by atoms with Gasteiger partial charge in [0.2, 0.25) is 0 Å². The smallest absolute Gasteiger partial charge is 0.441 e. The van der Waals surface area contributed by atoms with Crippen LogP contribution < -0.4 is 103 Å². The third-order valence-corrected chi connectivity index (χ3v) is 24.9. The maximum Gasteiger partial charge on any atom is 1.00 e. The van der Waals surface area contributed by atoms with Crippen molar-refractivity contribution in [1.82, 2.24) is 48.0 Å². The van der Waals surface area contributed by atoms with E-state index in [9.17, 15) is 13.6 Å². The molecule has 25 aromatic rings. The van der Waals surface area contributed by atoms with Crippen molar-refractivity contribution >= 4 is 125 Å². The zero-order valence-electron chi connectivity index (χ0n) is 74.9. The molecule has 0 saturated carbocycles. The number of nitrogens with one attached hydrogen (secondary N) is 1. The van der Waals surface area contributed by atoms with Gasteiger partial charge < -0.3 is 37.5 Å². The fraction of sp³-hybridized carbons (Fsp3) is 0.00847. The van der Waals surface area contributed by atoms with E-state index >= 15 is 8.78 Å². The number of carbonyl (C=O) groups excluding carboxylic acids is 1. The van der Waals surface area contributed by atoms with E-state index in [1.807, 2.05) is 36.4 Å². The molecule has 7 aromatic heterocycles. The maximum absolute atomic E-state index is 15.3. The Labute approximate surface area is 877 Å². The minimum Gasteiger partial charge on any atom is -0.441 e. The molecule has 0 aliphatic carbocycles. The van der Waals surface area contributed by atoms with Crippen LogP contribution in [0.2, 0.25) is 0 Å². The molecule has 138 heavy (non-hydrogen) atoms. The molecule has 0 atom stereocenters. The molecule has 0 amide bonds. The Balaban J connectivity index is 0.000000171. The van der Waals surface area contributed by atoms with Crippen LogP contribution in [0.4, 0.5) is 17.6 Å². The van der Waals surface area contributed by atoms with Crippen LogP contribution in [-0.2, 0) is 14.7 Å². The quantitative estimate of drug-likeness (QED) is 0.0157. The van der Waals surface area contributed by atoms with Gasteiger partial charge in [-0.05, 0) is 91.0 Å². The predicted octanol–water partition coefficient (Wildman–Crippen LogP) is 24.6. The molecule has 0 aliphatic heterocycles. The molecule has 7 heterocycles. The number of nitrogens with zero attached hydrogens (tertiary/aromatic N) is 9. The van der Waals surface area contributed by atoms with Crippen LogP contribution >= 0.6 is 9.39 Å². The number of hydrogen-bond acceptors (Lipinski definition) is 8. The van der Waals surface area contributed by atoms with E-state index in [2.05, 4.69) is 392 Å². The molecule has 1 N–H and O–H groups in total. The number of hydroxylamine groups is 1. The number of para-hydroxylation sites is 10. The van der Waals surface area contributed by atoms with Crippen molar-refractivity contribution < 1.29 is 135 Å². The second kappa shape index (κ2) is 40.3. The summed E-state index contributed by atoms with van der Waals surface area (Å²) in [6.07, 6.45) is 0. The summed E-state index contributed by atoms with van der Waals surface area (Å²) in [5.74, 6) is -6.52. The molecular weight excluding hydrogens is 1790 g/mol. The average Bonchev–Trinajstić information content (AvgIpc) is 1.48. The first-order chi connectivity index (χ1) is 67.0. The van der Waals surface area contributed by atoms with Crippen LogP contribution in [0, 0.1) is 23.3 Å². The van der Waals surface area contributed by atoms with E-state index in [0.29, 0.717) is 28.3 Å². The third-order valence-electron chi connectivity index (χ3n) is 24.8. The maximum atomic E-state index is 15.3. The van der Waals surface area contributed by atoms with Gasteiger partial charge in [0.15, 0.2) is 34.9 Å². The number of fused-ring (bicyclic) bond motifs is 15. The van der Waals surface area contributed by atoms with Gasteiger partial charge in [0, 0.05) is 98.3 Å². The van der Waals surface area contributed by atoms with Gasteiger partial charge in [0.05, 0.1) is 101 Å². The molecule has 0 saturated heterocycles. The Morgan fingerprint density at radius 2 is 0.478 bits per heavy atom. The van der Waals surface area contributed by atoms with Crippen LogP contribution in [0.3, 0.4) is 0 Å². The molecule has 0 spiro atoms. The van der Waals surface area contributed by atoms with Gasteiger partial charge in [0.25, 0.3) is 0 Å². The summed E-state index contributed by atoms with van der Waals surface area (Å²) in [5, 5.41) is 11.8. The molecule has 13 nitrogen and oxygen atoms in total. The number of benzene rings is 18. The third kappa shape index (κ3) is 17.0. The fourth-order valence-electron chi connectivity index (χ4n) is 19.1. The van der Waals surface area contributed by atoms with Crippen molar-refractivity contribution in [3.8, 4) is 113 Å². The largest absolute Gasteiger partial charge is 1.00 e. The molecule has 25 rings (SSSR count). The number of carbonyl (C=O) groups is 1. The van der Waals surface area contributed by atoms with Crippen molar-refractivity contribution in [2.75, 3.05) is 7.05 Å². The average molecular weight is 1870 g/mol. The Kier molecular flexibility index (Phi) is 26.8. The van der Waals surface area contributed by atoms with Crippen LogP contribution in [0.25, 0.3) is 222 Å². The summed E-state index contributed by atoms with van der Waals surface area (Å²) < 4.78 is 69.3. The van der Waals surface area contributed by atoms with Crippen LogP contribution in [0.5, 0.6) is 0 Å². The second-order valence-electron chi connectivity index (χ2n) is 32.7. The van der Waals surface area contributed by atoms with Gasteiger partial charge in [-0.25, -0.2) is 37.5 Å². The molecule has 0 unspecified atom stereocenters. The summed E-state index contributed by atoms with van der Waals surface area (Å²) in [7, 11) is 4.36. The molecule has 0 radical (unpaired) electrons. The molecule has 0 aliphatic rings. The molecule has 0 fully saturated rings. The summed E-state index contributed by atoms with van der Waals surface area (Å²) in [6, 6.07) is 150. The van der Waals surface area contributed by atoms with E-state index in [-0.39, 0.29) is 121 Å². The number of aromatic nitrogens is 9. The minimum atomic E-state index is -1.91. The standard InChI is InChI=1S/C76H48N6.C28H16F4N2.C12H9N.C2H5NO3P.2K/c1-4-26-49(27-5-1)60-48-61(50-28-6-2-7-29-50)78-76(77-60)71-70(51-30-8-3-9-31-51)72(79-62-40-18-10-32-52(62)53-33-11-19-41-63(53)79)74(81-66-44-22-14-36-56(66)57-37-15-23-45-67(57)81)75(82-68-46-24-16-38-58(68)59-39-17-25-47-69(59)82)73(71)80-64-42-20-12-34-54(64)55-35-13-21-43-65(55)80;29-24-22(19-14-8-3-9-15-19)23(25(30)27(32)26(24)31)28-33-20(17-10-4-1-5-11-17)16-21(34-28)18-12-6-2-7-13-18;1-3-7-11-9(5-1)10-6-2-4-8-12(10)13-11;1-3(7)6-5-2-4;;/h1-48H;1-16H;1-8,13H;2,7H,1H3;;/q;;;-1;2*+1. The first-order valence-corrected chi connectivity index (χ1v) is 44.8. The van der Waals surface area contributed by atoms with Crippen molar-refractivity contribution in [3.05, 3.63) is 460 Å². The molecule has 652 valence electrons. The molecule has 0 bridgehead atoms. The summed E-state index contributed by atoms with van der Waals surface area (Å²) >= 11 is 0. The van der Waals surface area contributed by atoms with Gasteiger partial charge in [-0.2, -0.15) is 0 Å². The fourth-order valence-corrected chi connectivity index (χ4v) is 19.1. The number of rotatable bonds is 15. The van der Waals surface area contributed by atoms with E-state index in [0.717, 1.165) is 154 Å². The molecule has 18 aromatic carbocycles. The zero-order valence-corrected chi connectivity index (χ0v) is 82.2. The van der Waals surface area contributed by atoms with Gasteiger partial charge in [0.1, 0.15) is 0 Å². The Morgan fingerprint density at radius 1 is 0.261 bits per heavy atom. The van der Waals surface area contributed by atoms with Crippen molar-refractivity contribution in [3.63, 3.8) is 0 Å². The van der Waals surface area contributed by atoms with Gasteiger partial charge >= 0.3 is 109 Å². The monoisotopic (exact) mass is 1870 g/mol. The first kappa shape index (κ1) is 91.7. The Hall–Kier alpha value is -14.1. The van der Waals surface area contributed by atoms with Crippen molar-refractivity contribution in [2.45, 2.75) is 0 Å². The summed E-state index contributed by atoms with van der Waals surface area (Å²) in [6.45, 7) is 0.177. The van der Waals surface area contributed by atoms with E-state index < -0.39 is 34.4 Å². The summed E-state index contributed by atoms with van der Waals surface area (Å²) in [5.41, 5.74) is 22.9.